The van der Waals surface area contributed by atoms with Crippen LogP contribution in [0, 0.1) is 11.6 Å². The summed E-state index contributed by atoms with van der Waals surface area (Å²) in [7, 11) is 0. The monoisotopic (exact) mass is 394 g/mol. The molecule has 0 bridgehead atoms. The van der Waals surface area contributed by atoms with E-state index in [0.717, 1.165) is 18.5 Å². The number of nitrogens with zero attached hydrogens (tertiary/aromatic N) is 3. The van der Waals surface area contributed by atoms with Crippen molar-refractivity contribution in [1.29, 1.82) is 0 Å². The zero-order chi connectivity index (χ0) is 20.2. The summed E-state index contributed by atoms with van der Waals surface area (Å²) in [6.07, 6.45) is 3.37. The van der Waals surface area contributed by atoms with Gasteiger partial charge >= 0.3 is 0 Å². The molecule has 1 atom stereocenters. The number of para-hydroxylation sites is 1. The van der Waals surface area contributed by atoms with Gasteiger partial charge in [0.2, 0.25) is 5.95 Å². The Morgan fingerprint density at radius 2 is 1.86 bits per heavy atom. The number of hydrogen-bond donors (Lipinski definition) is 1. The summed E-state index contributed by atoms with van der Waals surface area (Å²) < 4.78 is 27.0. The number of amides is 1. The minimum absolute atomic E-state index is 0.0531. The van der Waals surface area contributed by atoms with Crippen LogP contribution in [0.2, 0.25) is 0 Å². The Kier molecular flexibility index (Phi) is 5.46. The Morgan fingerprint density at radius 1 is 1.07 bits per heavy atom. The van der Waals surface area contributed by atoms with Crippen LogP contribution < -0.4 is 5.32 Å². The Morgan fingerprint density at radius 3 is 2.66 bits per heavy atom. The second kappa shape index (κ2) is 8.34. The van der Waals surface area contributed by atoms with Crippen LogP contribution in [-0.2, 0) is 0 Å². The van der Waals surface area contributed by atoms with E-state index in [1.807, 2.05) is 6.07 Å². The molecule has 7 heteroatoms. The lowest BCUT2D eigenvalue weighted by Gasteiger charge is -2.32. The van der Waals surface area contributed by atoms with E-state index in [4.69, 9.17) is 0 Å². The molecular formula is C22H20F2N4O. The normalized spacial score (nSPS) is 16.5. The van der Waals surface area contributed by atoms with E-state index in [-0.39, 0.29) is 23.5 Å². The van der Waals surface area contributed by atoms with Crippen LogP contribution in [0.15, 0.2) is 60.8 Å². The van der Waals surface area contributed by atoms with Gasteiger partial charge in [-0.15, -0.1) is 0 Å². The second-order valence-corrected chi connectivity index (χ2v) is 7.01. The lowest BCUT2D eigenvalue weighted by molar-refractivity contribution is 0.0706. The summed E-state index contributed by atoms with van der Waals surface area (Å²) in [5.74, 6) is -0.496. The minimum Gasteiger partial charge on any atom is -0.338 e. The molecule has 148 valence electrons. The molecule has 3 aromatic rings. The summed E-state index contributed by atoms with van der Waals surface area (Å²) in [5.41, 5.74) is 1.58. The standard InChI is InChI=1S/C22H20F2N4O/c23-17-9-7-15(8-10-17)21(29)28-13-3-4-16(14-28)19-11-12-25-22(26-19)27-20-6-2-1-5-18(20)24/h1-2,5-12,16H,3-4,13-14H2,(H,25,26,27)/t16-/m1/s1. The predicted octanol–water partition coefficient (Wildman–Crippen LogP) is 4.52. The molecule has 0 spiro atoms. The highest BCUT2D eigenvalue weighted by molar-refractivity contribution is 5.94. The predicted molar refractivity (Wildman–Crippen MR) is 106 cm³/mol. The van der Waals surface area contributed by atoms with Crippen molar-refractivity contribution in [1.82, 2.24) is 14.9 Å². The molecule has 1 amide bonds. The van der Waals surface area contributed by atoms with E-state index in [0.29, 0.717) is 30.3 Å². The van der Waals surface area contributed by atoms with Crippen molar-refractivity contribution in [2.75, 3.05) is 18.4 Å². The van der Waals surface area contributed by atoms with Crippen LogP contribution in [0.4, 0.5) is 20.4 Å². The Bertz CT molecular complexity index is 1010. The van der Waals surface area contributed by atoms with Gasteiger partial charge < -0.3 is 10.2 Å². The SMILES string of the molecule is O=C(c1ccc(F)cc1)N1CCC[C@@H](c2ccnc(Nc3ccccc3F)n2)C1. The molecule has 1 aliphatic rings. The van der Waals surface area contributed by atoms with Crippen molar-refractivity contribution in [2.45, 2.75) is 18.8 Å². The van der Waals surface area contributed by atoms with Gasteiger partial charge in [-0.2, -0.15) is 0 Å². The average molecular weight is 394 g/mol. The Hall–Kier alpha value is -3.35. The number of hydrogen-bond acceptors (Lipinski definition) is 4. The molecule has 1 aliphatic heterocycles. The van der Waals surface area contributed by atoms with E-state index in [1.165, 1.54) is 30.3 Å². The Balaban J connectivity index is 1.49. The zero-order valence-corrected chi connectivity index (χ0v) is 15.7. The maximum Gasteiger partial charge on any atom is 0.253 e. The largest absolute Gasteiger partial charge is 0.338 e. The summed E-state index contributed by atoms with van der Waals surface area (Å²) in [6, 6.07) is 13.7. The topological polar surface area (TPSA) is 58.1 Å². The van der Waals surface area contributed by atoms with Crippen LogP contribution in [0.5, 0.6) is 0 Å². The fourth-order valence-electron chi connectivity index (χ4n) is 3.52. The van der Waals surface area contributed by atoms with Gasteiger partial charge in [-0.1, -0.05) is 12.1 Å². The molecule has 1 aromatic heterocycles. The van der Waals surface area contributed by atoms with Gasteiger partial charge in [0.05, 0.1) is 11.4 Å². The second-order valence-electron chi connectivity index (χ2n) is 7.01. The third kappa shape index (κ3) is 4.39. The summed E-state index contributed by atoms with van der Waals surface area (Å²) in [6.45, 7) is 1.17. The number of carbonyl (C=O) groups excluding carboxylic acids is 1. The highest BCUT2D eigenvalue weighted by Crippen LogP contribution is 2.27. The number of rotatable bonds is 4. The maximum atomic E-state index is 13.9. The third-order valence-corrected chi connectivity index (χ3v) is 5.02. The van der Waals surface area contributed by atoms with Gasteiger partial charge in [-0.25, -0.2) is 18.7 Å². The van der Waals surface area contributed by atoms with Crippen molar-refractivity contribution in [3.05, 3.63) is 83.7 Å². The fourth-order valence-corrected chi connectivity index (χ4v) is 3.52. The molecule has 2 aromatic carbocycles. The van der Waals surface area contributed by atoms with Crippen LogP contribution in [0.3, 0.4) is 0 Å². The number of benzene rings is 2. The first-order chi connectivity index (χ1) is 14.1. The van der Waals surface area contributed by atoms with E-state index in [9.17, 15) is 13.6 Å². The van der Waals surface area contributed by atoms with Gasteiger partial charge in [0.25, 0.3) is 5.91 Å². The molecule has 1 saturated heterocycles. The Labute approximate surface area is 167 Å². The molecule has 2 heterocycles. The van der Waals surface area contributed by atoms with Gasteiger partial charge in [0.1, 0.15) is 11.6 Å². The number of likely N-dealkylation sites (tertiary alicyclic amines) is 1. The van der Waals surface area contributed by atoms with E-state index in [2.05, 4.69) is 15.3 Å². The van der Waals surface area contributed by atoms with Crippen LogP contribution in [0.25, 0.3) is 0 Å². The van der Waals surface area contributed by atoms with Gasteiger partial charge in [0, 0.05) is 30.8 Å². The molecule has 1 fully saturated rings. The number of anilines is 2. The number of aromatic nitrogens is 2. The average Bonchev–Trinajstić information content (AvgIpc) is 2.76. The number of nitrogens with one attached hydrogen (secondary N) is 1. The molecule has 0 aliphatic carbocycles. The molecule has 5 nitrogen and oxygen atoms in total. The zero-order valence-electron chi connectivity index (χ0n) is 15.7. The third-order valence-electron chi connectivity index (χ3n) is 5.02. The molecule has 0 unspecified atom stereocenters. The highest BCUT2D eigenvalue weighted by atomic mass is 19.1. The van der Waals surface area contributed by atoms with E-state index < -0.39 is 0 Å². The lowest BCUT2D eigenvalue weighted by atomic mass is 9.94. The van der Waals surface area contributed by atoms with Gasteiger partial charge in [-0.3, -0.25) is 4.79 Å². The number of piperidine rings is 1. The highest BCUT2D eigenvalue weighted by Gasteiger charge is 2.26. The van der Waals surface area contributed by atoms with Crippen molar-refractivity contribution in [3.63, 3.8) is 0 Å². The summed E-state index contributed by atoms with van der Waals surface area (Å²) in [4.78, 5) is 23.2. The molecule has 0 radical (unpaired) electrons. The molecule has 1 N–H and O–H groups in total. The van der Waals surface area contributed by atoms with Crippen LogP contribution >= 0.6 is 0 Å². The van der Waals surface area contributed by atoms with Crippen LogP contribution in [-0.4, -0.2) is 33.9 Å². The van der Waals surface area contributed by atoms with Crippen molar-refractivity contribution in [3.8, 4) is 0 Å². The molecule has 4 rings (SSSR count). The molecule has 29 heavy (non-hydrogen) atoms. The number of halogens is 2. The quantitative estimate of drug-likeness (QED) is 0.707. The van der Waals surface area contributed by atoms with E-state index >= 15 is 0 Å². The first kappa shape index (κ1) is 19.0. The fraction of sp³-hybridized carbons (Fsp3) is 0.227. The summed E-state index contributed by atoms with van der Waals surface area (Å²) >= 11 is 0. The first-order valence-electron chi connectivity index (χ1n) is 9.49. The van der Waals surface area contributed by atoms with Gasteiger partial charge in [-0.05, 0) is 55.3 Å². The van der Waals surface area contributed by atoms with Crippen molar-refractivity contribution >= 4 is 17.5 Å². The smallest absolute Gasteiger partial charge is 0.253 e. The lowest BCUT2D eigenvalue weighted by Crippen LogP contribution is -2.39. The number of carbonyl (C=O) groups is 1. The molecular weight excluding hydrogens is 374 g/mol. The van der Waals surface area contributed by atoms with Crippen molar-refractivity contribution in [2.24, 2.45) is 0 Å². The first-order valence-corrected chi connectivity index (χ1v) is 9.49. The van der Waals surface area contributed by atoms with Crippen LogP contribution in [0.1, 0.15) is 34.8 Å². The van der Waals surface area contributed by atoms with Gasteiger partial charge in [0.15, 0.2) is 0 Å². The summed E-state index contributed by atoms with van der Waals surface area (Å²) in [5, 5.41) is 2.90. The van der Waals surface area contributed by atoms with Crippen molar-refractivity contribution < 1.29 is 13.6 Å². The minimum atomic E-state index is -0.379. The van der Waals surface area contributed by atoms with E-state index in [1.54, 1.807) is 29.3 Å². The molecule has 0 saturated carbocycles. The maximum absolute atomic E-state index is 13.9.